The number of hydrogen-bond acceptors (Lipinski definition) is 4. The number of aromatic nitrogens is 1. The number of hydrogen-bond donors (Lipinski definition) is 1. The molecule has 6 nitrogen and oxygen atoms in total. The van der Waals surface area contributed by atoms with Crippen molar-refractivity contribution in [2.24, 2.45) is 0 Å². The number of nitrogens with zero attached hydrogens (tertiary/aromatic N) is 3. The second kappa shape index (κ2) is 9.48. The molecule has 4 heterocycles. The number of nitrogens with one attached hydrogen (secondary N) is 1. The summed E-state index contributed by atoms with van der Waals surface area (Å²) in [5.41, 5.74) is 5.62. The van der Waals surface area contributed by atoms with Crippen LogP contribution in [0.4, 0.5) is 10.5 Å². The average molecular weight is 499 g/mol. The van der Waals surface area contributed by atoms with Gasteiger partial charge in [0.1, 0.15) is 10.8 Å². The first-order valence-electron chi connectivity index (χ1n) is 12.5. The Balaban J connectivity index is 1.46. The Morgan fingerprint density at radius 1 is 1.06 bits per heavy atom. The maximum atomic E-state index is 14.0. The van der Waals surface area contributed by atoms with E-state index in [-0.39, 0.29) is 12.1 Å². The number of ether oxygens (including phenoxy) is 1. The monoisotopic (exact) mass is 498 g/mol. The van der Waals surface area contributed by atoms with Crippen molar-refractivity contribution in [2.75, 3.05) is 25.5 Å². The lowest BCUT2D eigenvalue weighted by molar-refractivity contribution is 0.194. The maximum Gasteiger partial charge on any atom is 0.322 e. The van der Waals surface area contributed by atoms with E-state index in [0.29, 0.717) is 12.3 Å². The SMILES string of the molecule is CCN1CCc2c(sc3c2CN(C(=O)Nc2cccc(OC)c2)C(c2ccccc2)c2cccn2-3)C1. The predicted molar refractivity (Wildman–Crippen MR) is 144 cm³/mol. The number of likely N-dealkylation sites (N-methyl/N-ethyl adjacent to an activating group) is 1. The fourth-order valence-electron chi connectivity index (χ4n) is 5.43. The predicted octanol–water partition coefficient (Wildman–Crippen LogP) is 6.06. The summed E-state index contributed by atoms with van der Waals surface area (Å²) in [5, 5.41) is 4.39. The standard InChI is InChI=1S/C29H30N4O2S/c1-3-31-16-14-23-24-18-33(29(34)30-21-11-7-12-22(17-21)35-2)27(20-9-5-4-6-10-20)25-13-8-15-32(25)28(24)36-26(23)19-31/h4-13,15,17,27H,3,14,16,18-19H2,1-2H3,(H,30,34). The van der Waals surface area contributed by atoms with Gasteiger partial charge in [-0.25, -0.2) is 4.79 Å². The zero-order valence-electron chi connectivity index (χ0n) is 20.6. The van der Waals surface area contributed by atoms with Crippen LogP contribution in [-0.2, 0) is 19.5 Å². The molecule has 1 N–H and O–H groups in total. The molecule has 36 heavy (non-hydrogen) atoms. The van der Waals surface area contributed by atoms with E-state index in [2.05, 4.69) is 52.2 Å². The van der Waals surface area contributed by atoms with Gasteiger partial charge in [-0.2, -0.15) is 0 Å². The van der Waals surface area contributed by atoms with Crippen molar-refractivity contribution in [3.8, 4) is 10.8 Å². The molecule has 2 aromatic carbocycles. The van der Waals surface area contributed by atoms with Gasteiger partial charge in [0.05, 0.1) is 25.4 Å². The Bertz CT molecular complexity index is 1390. The smallest absolute Gasteiger partial charge is 0.322 e. The molecule has 6 rings (SSSR count). The lowest BCUT2D eigenvalue weighted by atomic mass is 10.0. The van der Waals surface area contributed by atoms with Crippen LogP contribution in [0.3, 0.4) is 0 Å². The van der Waals surface area contributed by atoms with Gasteiger partial charge in [0, 0.05) is 41.5 Å². The van der Waals surface area contributed by atoms with Gasteiger partial charge < -0.3 is 19.5 Å². The number of carbonyl (C=O) groups is 1. The highest BCUT2D eigenvalue weighted by atomic mass is 32.1. The largest absolute Gasteiger partial charge is 0.497 e. The summed E-state index contributed by atoms with van der Waals surface area (Å²) in [6, 6.07) is 21.8. The molecule has 0 aliphatic carbocycles. The highest BCUT2D eigenvalue weighted by Crippen LogP contribution is 2.43. The zero-order chi connectivity index (χ0) is 24.6. The number of rotatable bonds is 4. The highest BCUT2D eigenvalue weighted by molar-refractivity contribution is 7.15. The van der Waals surface area contributed by atoms with Crippen LogP contribution in [0.1, 0.15) is 40.2 Å². The molecule has 184 valence electrons. The number of fused-ring (bicyclic) bond motifs is 5. The summed E-state index contributed by atoms with van der Waals surface area (Å²) in [4.78, 5) is 19.9. The topological polar surface area (TPSA) is 49.7 Å². The van der Waals surface area contributed by atoms with Crippen molar-refractivity contribution in [2.45, 2.75) is 32.5 Å². The van der Waals surface area contributed by atoms with Crippen LogP contribution in [0, 0.1) is 0 Å². The van der Waals surface area contributed by atoms with Crippen molar-refractivity contribution in [1.29, 1.82) is 0 Å². The normalized spacial score (nSPS) is 17.1. The number of urea groups is 1. The minimum absolute atomic E-state index is 0.122. The van der Waals surface area contributed by atoms with E-state index in [1.807, 2.05) is 58.7 Å². The van der Waals surface area contributed by atoms with Gasteiger partial charge in [0.15, 0.2) is 0 Å². The Hall–Kier alpha value is -3.55. The van der Waals surface area contributed by atoms with E-state index in [0.717, 1.165) is 43.0 Å². The second-order valence-electron chi connectivity index (χ2n) is 9.31. The Labute approximate surface area is 215 Å². The van der Waals surface area contributed by atoms with Crippen molar-refractivity contribution in [1.82, 2.24) is 14.4 Å². The average Bonchev–Trinajstić information content (AvgIpc) is 3.50. The highest BCUT2D eigenvalue weighted by Gasteiger charge is 2.36. The van der Waals surface area contributed by atoms with Crippen LogP contribution in [0.5, 0.6) is 5.75 Å². The fourth-order valence-corrected chi connectivity index (χ4v) is 6.83. The summed E-state index contributed by atoms with van der Waals surface area (Å²) in [7, 11) is 1.64. The van der Waals surface area contributed by atoms with Crippen LogP contribution in [0.25, 0.3) is 5.00 Å². The number of anilines is 1. The lowest BCUT2D eigenvalue weighted by Gasteiger charge is -2.32. The van der Waals surface area contributed by atoms with E-state index < -0.39 is 0 Å². The van der Waals surface area contributed by atoms with Crippen molar-refractivity contribution < 1.29 is 9.53 Å². The first kappa shape index (κ1) is 22.9. The number of thiophene rings is 1. The molecule has 1 atom stereocenters. The molecule has 0 saturated heterocycles. The first-order chi connectivity index (χ1) is 17.7. The molecular formula is C29H30N4O2S. The lowest BCUT2D eigenvalue weighted by Crippen LogP contribution is -2.38. The number of methoxy groups -OCH3 is 1. The molecule has 2 aromatic heterocycles. The van der Waals surface area contributed by atoms with Gasteiger partial charge in [0.25, 0.3) is 0 Å². The second-order valence-corrected chi connectivity index (χ2v) is 10.4. The van der Waals surface area contributed by atoms with E-state index in [1.165, 1.54) is 21.0 Å². The summed E-state index contributed by atoms with van der Waals surface area (Å²) >= 11 is 1.88. The number of amides is 2. The molecule has 4 aromatic rings. The van der Waals surface area contributed by atoms with E-state index in [9.17, 15) is 4.79 Å². The Morgan fingerprint density at radius 2 is 1.92 bits per heavy atom. The third-order valence-corrected chi connectivity index (χ3v) is 8.55. The Morgan fingerprint density at radius 3 is 2.72 bits per heavy atom. The quantitative estimate of drug-likeness (QED) is 0.372. The van der Waals surface area contributed by atoms with Gasteiger partial charge in [-0.05, 0) is 48.4 Å². The van der Waals surface area contributed by atoms with Crippen LogP contribution in [0.15, 0.2) is 72.9 Å². The van der Waals surface area contributed by atoms with Crippen LogP contribution < -0.4 is 10.1 Å². The van der Waals surface area contributed by atoms with Gasteiger partial charge in [-0.3, -0.25) is 4.90 Å². The number of carbonyl (C=O) groups excluding carboxylic acids is 1. The molecule has 2 amide bonds. The molecule has 0 radical (unpaired) electrons. The van der Waals surface area contributed by atoms with E-state index in [4.69, 9.17) is 4.74 Å². The fraction of sp³-hybridized carbons (Fsp3) is 0.276. The van der Waals surface area contributed by atoms with Gasteiger partial charge in [-0.15, -0.1) is 11.3 Å². The summed E-state index contributed by atoms with van der Waals surface area (Å²) in [6.07, 6.45) is 3.17. The minimum Gasteiger partial charge on any atom is -0.497 e. The first-order valence-corrected chi connectivity index (χ1v) is 13.3. The van der Waals surface area contributed by atoms with Gasteiger partial charge in [-0.1, -0.05) is 43.3 Å². The molecule has 1 unspecified atom stereocenters. The summed E-state index contributed by atoms with van der Waals surface area (Å²) in [5.74, 6) is 0.715. The molecule has 7 heteroatoms. The Kier molecular flexibility index (Phi) is 6.03. The summed E-state index contributed by atoms with van der Waals surface area (Å²) in [6.45, 7) is 5.89. The molecule has 0 bridgehead atoms. The number of benzene rings is 2. The molecular weight excluding hydrogens is 468 g/mol. The third kappa shape index (κ3) is 3.98. The summed E-state index contributed by atoms with van der Waals surface area (Å²) < 4.78 is 7.68. The van der Waals surface area contributed by atoms with Crippen LogP contribution >= 0.6 is 11.3 Å². The van der Waals surface area contributed by atoms with Crippen molar-refractivity contribution in [3.05, 3.63) is 100 Å². The van der Waals surface area contributed by atoms with Crippen molar-refractivity contribution in [3.63, 3.8) is 0 Å². The molecule has 0 saturated carbocycles. The maximum absolute atomic E-state index is 14.0. The van der Waals surface area contributed by atoms with E-state index >= 15 is 0 Å². The minimum atomic E-state index is -0.210. The molecule has 2 aliphatic rings. The van der Waals surface area contributed by atoms with Crippen LogP contribution in [0.2, 0.25) is 0 Å². The van der Waals surface area contributed by atoms with Gasteiger partial charge in [0.2, 0.25) is 0 Å². The van der Waals surface area contributed by atoms with E-state index in [1.54, 1.807) is 7.11 Å². The van der Waals surface area contributed by atoms with Gasteiger partial charge >= 0.3 is 6.03 Å². The van der Waals surface area contributed by atoms with Crippen molar-refractivity contribution >= 4 is 23.1 Å². The molecule has 2 aliphatic heterocycles. The van der Waals surface area contributed by atoms with Crippen LogP contribution in [-0.4, -0.2) is 40.6 Å². The third-order valence-electron chi connectivity index (χ3n) is 7.29. The molecule has 0 fully saturated rings. The zero-order valence-corrected chi connectivity index (χ0v) is 21.4. The molecule has 0 spiro atoms.